The van der Waals surface area contributed by atoms with Crippen molar-refractivity contribution in [3.63, 3.8) is 0 Å². The van der Waals surface area contributed by atoms with E-state index in [2.05, 4.69) is 22.5 Å². The number of nitrogens with one attached hydrogen (secondary N) is 2. The highest BCUT2D eigenvalue weighted by Crippen LogP contribution is 2.15. The summed E-state index contributed by atoms with van der Waals surface area (Å²) >= 11 is 0. The number of hydrogen-bond donors (Lipinski definition) is 2. The van der Waals surface area contributed by atoms with Gasteiger partial charge in [0.25, 0.3) is 0 Å². The number of rotatable bonds is 7. The van der Waals surface area contributed by atoms with E-state index in [1.54, 1.807) is 0 Å². The van der Waals surface area contributed by atoms with Gasteiger partial charge in [0.1, 0.15) is 0 Å². The minimum Gasteiger partial charge on any atom is -0.355 e. The lowest BCUT2D eigenvalue weighted by atomic mass is 10.2. The van der Waals surface area contributed by atoms with Gasteiger partial charge in [-0.1, -0.05) is 6.92 Å². The molecule has 110 valence electrons. The highest BCUT2D eigenvalue weighted by atomic mass is 35.5. The number of likely N-dealkylation sites (N-methyl/N-ethyl adjacent to an activating group) is 1. The summed E-state index contributed by atoms with van der Waals surface area (Å²) < 4.78 is 0. The Balaban J connectivity index is 0. The van der Waals surface area contributed by atoms with Gasteiger partial charge in [-0.25, -0.2) is 0 Å². The first kappa shape index (κ1) is 20.3. The van der Waals surface area contributed by atoms with Gasteiger partial charge in [0, 0.05) is 19.0 Å². The molecule has 1 fully saturated rings. The van der Waals surface area contributed by atoms with Crippen LogP contribution in [0, 0.1) is 0 Å². The van der Waals surface area contributed by atoms with E-state index in [1.807, 2.05) is 7.05 Å². The molecule has 6 heteroatoms. The minimum absolute atomic E-state index is 0. The summed E-state index contributed by atoms with van der Waals surface area (Å²) in [7, 11) is 1.91. The first-order valence-electron chi connectivity index (χ1n) is 6.43. The van der Waals surface area contributed by atoms with Crippen molar-refractivity contribution in [3.05, 3.63) is 0 Å². The van der Waals surface area contributed by atoms with Crippen LogP contribution in [-0.4, -0.2) is 50.1 Å². The molecule has 0 bridgehead atoms. The molecule has 18 heavy (non-hydrogen) atoms. The zero-order chi connectivity index (χ0) is 11.8. The predicted molar refractivity (Wildman–Crippen MR) is 80.9 cm³/mol. The molecule has 1 unspecified atom stereocenters. The number of nitrogens with zero attached hydrogens (tertiary/aromatic N) is 1. The maximum absolute atomic E-state index is 11.5. The van der Waals surface area contributed by atoms with Crippen LogP contribution in [0.15, 0.2) is 0 Å². The van der Waals surface area contributed by atoms with Crippen LogP contribution in [0.5, 0.6) is 0 Å². The van der Waals surface area contributed by atoms with Crippen LogP contribution in [0.2, 0.25) is 0 Å². The standard InChI is InChI=1S/C12H25N3O.2ClH/c1-3-15-9-5-6-11(15)10-14-12(16)7-4-8-13-2;;/h11,13H,3-10H2,1-2H3,(H,14,16);2*1H. The molecule has 4 nitrogen and oxygen atoms in total. The van der Waals surface area contributed by atoms with E-state index in [1.165, 1.54) is 19.4 Å². The zero-order valence-corrected chi connectivity index (χ0v) is 13.0. The summed E-state index contributed by atoms with van der Waals surface area (Å²) in [5, 5.41) is 6.09. The van der Waals surface area contributed by atoms with Crippen molar-refractivity contribution < 1.29 is 4.79 Å². The van der Waals surface area contributed by atoms with Crippen molar-refractivity contribution in [2.45, 2.75) is 38.6 Å². The fourth-order valence-corrected chi connectivity index (χ4v) is 2.29. The fraction of sp³-hybridized carbons (Fsp3) is 0.917. The molecule has 1 aliphatic heterocycles. The number of carbonyl (C=O) groups excluding carboxylic acids is 1. The quantitative estimate of drug-likeness (QED) is 0.699. The van der Waals surface area contributed by atoms with Gasteiger partial charge in [-0.15, -0.1) is 24.8 Å². The Morgan fingerprint density at radius 2 is 2.11 bits per heavy atom. The van der Waals surface area contributed by atoms with Gasteiger partial charge in [0.15, 0.2) is 0 Å². The van der Waals surface area contributed by atoms with E-state index in [4.69, 9.17) is 0 Å². The molecule has 0 saturated carbocycles. The Bertz CT molecular complexity index is 217. The summed E-state index contributed by atoms with van der Waals surface area (Å²) in [5.41, 5.74) is 0. The normalized spacial score (nSPS) is 18.9. The molecule has 1 rings (SSSR count). The second kappa shape index (κ2) is 12.0. The lowest BCUT2D eigenvalue weighted by Gasteiger charge is -2.22. The van der Waals surface area contributed by atoms with Gasteiger partial charge in [0.2, 0.25) is 5.91 Å². The fourth-order valence-electron chi connectivity index (χ4n) is 2.29. The monoisotopic (exact) mass is 299 g/mol. The maximum Gasteiger partial charge on any atom is 0.220 e. The zero-order valence-electron chi connectivity index (χ0n) is 11.4. The molecule has 1 amide bonds. The summed E-state index contributed by atoms with van der Waals surface area (Å²) in [6.07, 6.45) is 4.06. The van der Waals surface area contributed by atoms with Gasteiger partial charge in [-0.3, -0.25) is 9.69 Å². The largest absolute Gasteiger partial charge is 0.355 e. The molecule has 1 heterocycles. The van der Waals surface area contributed by atoms with Crippen molar-refractivity contribution in [3.8, 4) is 0 Å². The first-order chi connectivity index (χ1) is 7.77. The number of amides is 1. The van der Waals surface area contributed by atoms with Crippen LogP contribution in [0.3, 0.4) is 0 Å². The van der Waals surface area contributed by atoms with Crippen LogP contribution in [-0.2, 0) is 4.79 Å². The van der Waals surface area contributed by atoms with Crippen molar-refractivity contribution in [2.75, 3.05) is 33.2 Å². The van der Waals surface area contributed by atoms with Gasteiger partial charge in [-0.05, 0) is 45.9 Å². The number of carbonyl (C=O) groups is 1. The third-order valence-electron chi connectivity index (χ3n) is 3.27. The van der Waals surface area contributed by atoms with Crippen molar-refractivity contribution >= 4 is 30.7 Å². The maximum atomic E-state index is 11.5. The Labute approximate surface area is 123 Å². The van der Waals surface area contributed by atoms with E-state index in [0.717, 1.165) is 26.1 Å². The smallest absolute Gasteiger partial charge is 0.220 e. The number of likely N-dealkylation sites (tertiary alicyclic amines) is 1. The lowest BCUT2D eigenvalue weighted by Crippen LogP contribution is -2.40. The Morgan fingerprint density at radius 3 is 2.72 bits per heavy atom. The molecule has 0 aliphatic carbocycles. The third-order valence-corrected chi connectivity index (χ3v) is 3.27. The van der Waals surface area contributed by atoms with Gasteiger partial charge in [-0.2, -0.15) is 0 Å². The van der Waals surface area contributed by atoms with E-state index < -0.39 is 0 Å². The van der Waals surface area contributed by atoms with Crippen LogP contribution >= 0.6 is 24.8 Å². The van der Waals surface area contributed by atoms with Crippen LogP contribution < -0.4 is 10.6 Å². The molecule has 0 spiro atoms. The molecule has 1 saturated heterocycles. The second-order valence-electron chi connectivity index (χ2n) is 4.44. The van der Waals surface area contributed by atoms with E-state index >= 15 is 0 Å². The molecule has 0 aromatic heterocycles. The van der Waals surface area contributed by atoms with Gasteiger partial charge < -0.3 is 10.6 Å². The van der Waals surface area contributed by atoms with Crippen LogP contribution in [0.4, 0.5) is 0 Å². The number of hydrogen-bond acceptors (Lipinski definition) is 3. The molecule has 1 atom stereocenters. The van der Waals surface area contributed by atoms with Crippen molar-refractivity contribution in [2.24, 2.45) is 0 Å². The van der Waals surface area contributed by atoms with Crippen LogP contribution in [0.25, 0.3) is 0 Å². The Morgan fingerprint density at radius 1 is 1.39 bits per heavy atom. The average molecular weight is 300 g/mol. The minimum atomic E-state index is 0. The SMILES string of the molecule is CCN1CCCC1CNC(=O)CCCNC.Cl.Cl. The van der Waals surface area contributed by atoms with Crippen molar-refractivity contribution in [1.29, 1.82) is 0 Å². The molecular formula is C12H27Cl2N3O. The summed E-state index contributed by atoms with van der Waals surface area (Å²) in [4.78, 5) is 14.0. The predicted octanol–water partition coefficient (Wildman–Crippen LogP) is 1.43. The topological polar surface area (TPSA) is 44.4 Å². The van der Waals surface area contributed by atoms with Crippen LogP contribution in [0.1, 0.15) is 32.6 Å². The lowest BCUT2D eigenvalue weighted by molar-refractivity contribution is -0.121. The van der Waals surface area contributed by atoms with Crippen molar-refractivity contribution in [1.82, 2.24) is 15.5 Å². The molecule has 1 aliphatic rings. The summed E-state index contributed by atoms with van der Waals surface area (Å²) in [5.74, 6) is 0.193. The molecule has 0 aromatic carbocycles. The second-order valence-corrected chi connectivity index (χ2v) is 4.44. The molecular weight excluding hydrogens is 273 g/mol. The Hall–Kier alpha value is -0.0300. The summed E-state index contributed by atoms with van der Waals surface area (Å²) in [6, 6.07) is 0.568. The number of halogens is 2. The average Bonchev–Trinajstić information content (AvgIpc) is 2.74. The third kappa shape index (κ3) is 7.41. The van der Waals surface area contributed by atoms with E-state index in [0.29, 0.717) is 12.5 Å². The Kier molecular flexibility index (Phi) is 13.6. The van der Waals surface area contributed by atoms with Gasteiger partial charge >= 0.3 is 0 Å². The molecule has 0 radical (unpaired) electrons. The molecule has 0 aromatic rings. The highest BCUT2D eigenvalue weighted by Gasteiger charge is 2.22. The highest BCUT2D eigenvalue weighted by molar-refractivity contribution is 5.85. The van der Waals surface area contributed by atoms with E-state index in [-0.39, 0.29) is 30.7 Å². The summed E-state index contributed by atoms with van der Waals surface area (Å²) in [6.45, 7) is 6.22. The first-order valence-corrected chi connectivity index (χ1v) is 6.43. The molecule has 2 N–H and O–H groups in total. The van der Waals surface area contributed by atoms with E-state index in [9.17, 15) is 4.79 Å². The van der Waals surface area contributed by atoms with Gasteiger partial charge in [0.05, 0.1) is 0 Å².